The predicted molar refractivity (Wildman–Crippen MR) is 141 cm³/mol. The van der Waals surface area contributed by atoms with Gasteiger partial charge >= 0.3 is 0 Å². The molecule has 0 radical (unpaired) electrons. The van der Waals surface area contributed by atoms with Crippen molar-refractivity contribution in [3.8, 4) is 6.07 Å². The van der Waals surface area contributed by atoms with Crippen LogP contribution in [0, 0.1) is 61.6 Å². The molecule has 7 atom stereocenters. The van der Waals surface area contributed by atoms with E-state index in [1.807, 2.05) is 26.0 Å². The largest absolute Gasteiger partial charge is 0.295 e. The highest BCUT2D eigenvalue weighted by molar-refractivity contribution is 6.04. The Hall–Kier alpha value is -2.26. The van der Waals surface area contributed by atoms with Crippen LogP contribution in [0.2, 0.25) is 0 Å². The van der Waals surface area contributed by atoms with Crippen molar-refractivity contribution in [2.75, 3.05) is 0 Å². The van der Waals surface area contributed by atoms with E-state index in [0.29, 0.717) is 0 Å². The van der Waals surface area contributed by atoms with Gasteiger partial charge in [-0.25, -0.2) is 5.84 Å². The molecule has 3 saturated carbocycles. The third-order valence-electron chi connectivity index (χ3n) is 12.4. The summed E-state index contributed by atoms with van der Waals surface area (Å²) >= 11 is 0. The normalized spacial score (nSPS) is 45.6. The zero-order chi connectivity index (χ0) is 27.4. The molecule has 37 heavy (non-hydrogen) atoms. The number of hydrazine groups is 1. The minimum absolute atomic E-state index is 0.0242. The maximum atomic E-state index is 14.4. The molecule has 0 aliphatic heterocycles. The molecule has 0 aromatic rings. The molecular weight excluding hydrogens is 462 g/mol. The number of nitrogens with one attached hydrogen (secondary N) is 1. The van der Waals surface area contributed by atoms with Crippen molar-refractivity contribution >= 4 is 17.5 Å². The molecule has 0 bridgehead atoms. The lowest BCUT2D eigenvalue weighted by molar-refractivity contribution is -0.178. The number of fused-ring (bicyclic) bond motifs is 7. The van der Waals surface area contributed by atoms with Gasteiger partial charge in [-0.15, -0.1) is 0 Å². The van der Waals surface area contributed by atoms with E-state index in [4.69, 9.17) is 5.84 Å². The average Bonchev–Trinajstić information content (AvgIpc) is 2.82. The fourth-order valence-electron chi connectivity index (χ4n) is 10.2. The lowest BCUT2D eigenvalue weighted by atomic mass is 9.34. The molecule has 6 heteroatoms. The number of hydrogen-bond acceptors (Lipinski definition) is 5. The average molecular weight is 506 g/mol. The molecule has 0 spiro atoms. The maximum Gasteiger partial charge on any atom is 0.240 e. The topological polar surface area (TPSA) is 113 Å². The van der Waals surface area contributed by atoms with Crippen LogP contribution in [0.5, 0.6) is 0 Å². The van der Waals surface area contributed by atoms with Crippen molar-refractivity contribution in [2.45, 2.75) is 93.4 Å². The van der Waals surface area contributed by atoms with Gasteiger partial charge in [0, 0.05) is 16.7 Å². The van der Waals surface area contributed by atoms with Crippen molar-refractivity contribution in [1.82, 2.24) is 5.43 Å². The second kappa shape index (κ2) is 7.65. The summed E-state index contributed by atoms with van der Waals surface area (Å²) < 4.78 is 0. The quantitative estimate of drug-likeness (QED) is 0.289. The van der Waals surface area contributed by atoms with Crippen LogP contribution in [-0.4, -0.2) is 17.5 Å². The Bertz CT molecular complexity index is 1200. The van der Waals surface area contributed by atoms with E-state index in [0.717, 1.165) is 50.5 Å². The highest BCUT2D eigenvalue weighted by atomic mass is 16.2. The molecule has 6 nitrogen and oxygen atoms in total. The molecule has 0 aromatic heterocycles. The molecule has 200 valence electrons. The Morgan fingerprint density at radius 1 is 1.03 bits per heavy atom. The lowest BCUT2D eigenvalue weighted by Gasteiger charge is -2.69. The summed E-state index contributed by atoms with van der Waals surface area (Å²) in [7, 11) is 0. The van der Waals surface area contributed by atoms with Crippen molar-refractivity contribution in [3.05, 3.63) is 23.3 Å². The molecule has 0 saturated heterocycles. The summed E-state index contributed by atoms with van der Waals surface area (Å²) in [6, 6.07) is 2.17. The predicted octanol–water partition coefficient (Wildman–Crippen LogP) is 5.20. The van der Waals surface area contributed by atoms with Gasteiger partial charge < -0.3 is 0 Å². The number of hydrogen-bond donors (Lipinski definition) is 2. The van der Waals surface area contributed by atoms with Crippen molar-refractivity contribution in [2.24, 2.45) is 56.1 Å². The van der Waals surface area contributed by atoms with Crippen molar-refractivity contribution < 1.29 is 14.4 Å². The summed E-state index contributed by atoms with van der Waals surface area (Å²) in [5.41, 5.74) is 1.38. The molecule has 5 rings (SSSR count). The van der Waals surface area contributed by atoms with E-state index < -0.39 is 16.2 Å². The number of nitrogens with zero attached hydrogens (tertiary/aromatic N) is 1. The van der Waals surface area contributed by atoms with E-state index in [9.17, 15) is 19.6 Å². The van der Waals surface area contributed by atoms with E-state index in [1.54, 1.807) is 0 Å². The van der Waals surface area contributed by atoms with Gasteiger partial charge in [0.25, 0.3) is 0 Å². The smallest absolute Gasteiger partial charge is 0.240 e. The highest BCUT2D eigenvalue weighted by Gasteiger charge is 2.70. The Morgan fingerprint density at radius 3 is 2.30 bits per heavy atom. The van der Waals surface area contributed by atoms with E-state index in [2.05, 4.69) is 46.1 Å². The van der Waals surface area contributed by atoms with Gasteiger partial charge in [0.05, 0.1) is 11.0 Å². The molecule has 1 amide bonds. The van der Waals surface area contributed by atoms with Crippen molar-refractivity contribution in [3.63, 3.8) is 0 Å². The SMILES string of the molecule is CC1(C)CCC2(C(=O)NN)CC[C@]3(C)[C@H](C(=O)C=C4[C@@]5(C)C=C(C#N)C(=O)C(C)(C)[C@@H]5CC[C@]43C)[C@@H]2C1. The first-order valence-corrected chi connectivity index (χ1v) is 14.0. The van der Waals surface area contributed by atoms with Crippen LogP contribution in [0.25, 0.3) is 0 Å². The number of allylic oxidation sites excluding steroid dienone is 4. The molecule has 3 fully saturated rings. The Kier molecular flexibility index (Phi) is 5.45. The zero-order valence-corrected chi connectivity index (χ0v) is 23.6. The number of carbonyl (C=O) groups excluding carboxylic acids is 3. The first-order chi connectivity index (χ1) is 17.0. The summed E-state index contributed by atoms with van der Waals surface area (Å²) in [5, 5.41) is 9.86. The first-order valence-electron chi connectivity index (χ1n) is 14.0. The number of amides is 1. The number of carbonyl (C=O) groups is 3. The number of rotatable bonds is 1. The lowest BCUT2D eigenvalue weighted by Crippen LogP contribution is -2.66. The van der Waals surface area contributed by atoms with E-state index in [-0.39, 0.29) is 57.0 Å². The molecule has 3 N–H and O–H groups in total. The fourth-order valence-corrected chi connectivity index (χ4v) is 10.2. The minimum Gasteiger partial charge on any atom is -0.295 e. The summed E-state index contributed by atoms with van der Waals surface area (Å²) in [6.45, 7) is 15.2. The molecule has 5 aliphatic carbocycles. The van der Waals surface area contributed by atoms with Gasteiger partial charge in [-0.05, 0) is 79.1 Å². The van der Waals surface area contributed by atoms with Gasteiger partial charge in [0.1, 0.15) is 6.07 Å². The number of nitrogens with two attached hydrogens (primary N) is 1. The van der Waals surface area contributed by atoms with Gasteiger partial charge in [-0.2, -0.15) is 5.26 Å². The Labute approximate surface area is 221 Å². The van der Waals surface area contributed by atoms with Crippen LogP contribution in [-0.2, 0) is 14.4 Å². The highest BCUT2D eigenvalue weighted by Crippen LogP contribution is 2.74. The number of ketones is 2. The molecule has 5 aliphatic rings. The Morgan fingerprint density at radius 2 is 1.68 bits per heavy atom. The number of Topliss-reactive ketones (excluding diaryl/α,β-unsaturated/α-hetero) is 1. The van der Waals surface area contributed by atoms with Crippen molar-refractivity contribution in [1.29, 1.82) is 5.26 Å². The van der Waals surface area contributed by atoms with Crippen LogP contribution in [0.15, 0.2) is 23.3 Å². The van der Waals surface area contributed by atoms with Gasteiger partial charge in [-0.1, -0.05) is 60.1 Å². The maximum absolute atomic E-state index is 14.4. The first kappa shape index (κ1) is 26.4. The molecule has 1 unspecified atom stereocenters. The van der Waals surface area contributed by atoms with Crippen LogP contribution >= 0.6 is 0 Å². The van der Waals surface area contributed by atoms with Crippen LogP contribution < -0.4 is 11.3 Å². The van der Waals surface area contributed by atoms with Gasteiger partial charge in [0.15, 0.2) is 11.6 Å². The molecule has 0 heterocycles. The Balaban J connectivity index is 1.71. The third-order valence-corrected chi connectivity index (χ3v) is 12.4. The van der Waals surface area contributed by atoms with Gasteiger partial charge in [-0.3, -0.25) is 19.8 Å². The monoisotopic (exact) mass is 505 g/mol. The van der Waals surface area contributed by atoms with Crippen LogP contribution in [0.4, 0.5) is 0 Å². The zero-order valence-electron chi connectivity index (χ0n) is 23.6. The van der Waals surface area contributed by atoms with Gasteiger partial charge in [0.2, 0.25) is 5.91 Å². The fraction of sp³-hybridized carbons (Fsp3) is 0.742. The second-order valence-corrected chi connectivity index (χ2v) is 14.9. The van der Waals surface area contributed by atoms with E-state index >= 15 is 0 Å². The summed E-state index contributed by atoms with van der Waals surface area (Å²) in [6.07, 6.45) is 9.53. The third kappa shape index (κ3) is 3.10. The summed E-state index contributed by atoms with van der Waals surface area (Å²) in [5.74, 6) is 5.33. The van der Waals surface area contributed by atoms with Crippen LogP contribution in [0.3, 0.4) is 0 Å². The molecular formula is C31H43N3O3. The van der Waals surface area contributed by atoms with Crippen LogP contribution in [0.1, 0.15) is 93.4 Å². The second-order valence-electron chi connectivity index (χ2n) is 14.9. The minimum atomic E-state index is -0.675. The molecule has 0 aromatic carbocycles. The number of nitriles is 1. The standard InChI is InChI=1S/C31H43N3O3/c1-26(2)10-12-31(25(37)34-33)13-11-30(7)23(19(31)16-26)20(35)14-22-28(5)15-18(17-32)24(36)27(3,4)21(28)8-9-29(22,30)6/h14-15,19,21,23H,8-13,16,33H2,1-7H3,(H,34,37)/t19-,21-,23-,28-,29+,30+,31?/m0/s1. The summed E-state index contributed by atoms with van der Waals surface area (Å²) in [4.78, 5) is 40.9. The van der Waals surface area contributed by atoms with E-state index in [1.165, 1.54) is 0 Å².